The molecule has 2 aromatic rings. The first-order valence-corrected chi connectivity index (χ1v) is 8.61. The number of benzene rings is 2. The van der Waals surface area contributed by atoms with Gasteiger partial charge in [0, 0.05) is 5.69 Å². The summed E-state index contributed by atoms with van der Waals surface area (Å²) in [6.07, 6.45) is 4.66. The molecule has 0 saturated heterocycles. The molecule has 5 heteroatoms. The van der Waals surface area contributed by atoms with Crippen LogP contribution < -0.4 is 16.4 Å². The number of amides is 3. The predicted molar refractivity (Wildman–Crippen MR) is 100 cm³/mol. The van der Waals surface area contributed by atoms with Crippen LogP contribution in [0.2, 0.25) is 0 Å². The zero-order chi connectivity index (χ0) is 18.1. The third kappa shape index (κ3) is 5.95. The number of unbranched alkanes of at least 4 members (excludes halogenated alkanes) is 2. The van der Waals surface area contributed by atoms with E-state index in [-0.39, 0.29) is 0 Å². The van der Waals surface area contributed by atoms with Gasteiger partial charge in [-0.2, -0.15) is 0 Å². The second-order valence-electron chi connectivity index (χ2n) is 6.00. The van der Waals surface area contributed by atoms with Gasteiger partial charge in [-0.15, -0.1) is 0 Å². The number of aryl methyl sites for hydroxylation is 1. The second-order valence-corrected chi connectivity index (χ2v) is 6.00. The number of carbonyl (C=O) groups is 2. The van der Waals surface area contributed by atoms with Gasteiger partial charge in [0.05, 0.1) is 0 Å². The van der Waals surface area contributed by atoms with Crippen molar-refractivity contribution in [1.82, 2.24) is 5.32 Å². The summed E-state index contributed by atoms with van der Waals surface area (Å²) in [7, 11) is 0. The molecule has 0 aliphatic carbocycles. The number of carbonyl (C=O) groups excluding carboxylic acids is 2. The Labute approximate surface area is 148 Å². The van der Waals surface area contributed by atoms with Crippen molar-refractivity contribution in [2.24, 2.45) is 5.73 Å². The molecule has 4 N–H and O–H groups in total. The molecule has 0 aromatic heterocycles. The zero-order valence-corrected chi connectivity index (χ0v) is 14.5. The molecule has 3 amide bonds. The second kappa shape index (κ2) is 9.47. The van der Waals surface area contributed by atoms with Gasteiger partial charge in [0.25, 0.3) is 5.91 Å². The lowest BCUT2D eigenvalue weighted by molar-refractivity contribution is -0.120. The van der Waals surface area contributed by atoms with Crippen molar-refractivity contribution in [2.75, 3.05) is 5.32 Å². The van der Waals surface area contributed by atoms with Gasteiger partial charge in [-0.1, -0.05) is 62.2 Å². The Kier molecular flexibility index (Phi) is 7.01. The third-order valence-corrected chi connectivity index (χ3v) is 3.98. The molecule has 0 bridgehead atoms. The van der Waals surface area contributed by atoms with E-state index in [1.807, 2.05) is 42.5 Å². The molecule has 2 rings (SSSR count). The fraction of sp³-hybridized carbons (Fsp3) is 0.300. The first kappa shape index (κ1) is 18.5. The molecule has 0 saturated carbocycles. The Balaban J connectivity index is 2.10. The first-order chi connectivity index (χ1) is 12.1. The summed E-state index contributed by atoms with van der Waals surface area (Å²) in [4.78, 5) is 23.4. The Morgan fingerprint density at radius 2 is 1.68 bits per heavy atom. The van der Waals surface area contributed by atoms with Crippen molar-refractivity contribution in [3.05, 3.63) is 65.7 Å². The maximum Gasteiger partial charge on any atom is 0.318 e. The van der Waals surface area contributed by atoms with Crippen LogP contribution >= 0.6 is 0 Å². The van der Waals surface area contributed by atoms with Crippen LogP contribution in [0.1, 0.15) is 43.4 Å². The summed E-state index contributed by atoms with van der Waals surface area (Å²) >= 11 is 0. The normalized spacial score (nSPS) is 11.6. The van der Waals surface area contributed by atoms with Crippen LogP contribution in [-0.4, -0.2) is 11.9 Å². The van der Waals surface area contributed by atoms with Crippen molar-refractivity contribution in [3.8, 4) is 0 Å². The summed E-state index contributed by atoms with van der Waals surface area (Å²) in [5, 5.41) is 5.32. The Hall–Kier alpha value is -2.82. The number of nitrogens with two attached hydrogens (primary N) is 1. The summed E-state index contributed by atoms with van der Waals surface area (Å²) in [5.41, 5.74) is 7.93. The molecule has 0 aliphatic heterocycles. The molecular weight excluding hydrogens is 314 g/mol. The molecule has 1 atom stereocenters. The summed E-state index contributed by atoms with van der Waals surface area (Å²) in [5.74, 6) is -0.481. The van der Waals surface area contributed by atoms with E-state index in [1.165, 1.54) is 24.8 Å². The van der Waals surface area contributed by atoms with Gasteiger partial charge in [0.15, 0.2) is 0 Å². The number of urea groups is 1. The fourth-order valence-electron chi connectivity index (χ4n) is 2.65. The van der Waals surface area contributed by atoms with Gasteiger partial charge in [-0.05, 0) is 36.1 Å². The average Bonchev–Trinajstić information content (AvgIpc) is 2.61. The maximum atomic E-state index is 12.3. The van der Waals surface area contributed by atoms with Crippen LogP contribution in [0, 0.1) is 0 Å². The van der Waals surface area contributed by atoms with E-state index in [4.69, 9.17) is 5.73 Å². The van der Waals surface area contributed by atoms with Crippen molar-refractivity contribution < 1.29 is 9.59 Å². The topological polar surface area (TPSA) is 84.2 Å². The number of hydrogen-bond acceptors (Lipinski definition) is 3. The van der Waals surface area contributed by atoms with Crippen molar-refractivity contribution in [1.29, 1.82) is 0 Å². The predicted octanol–water partition coefficient (Wildman–Crippen LogP) is 3.77. The molecule has 0 unspecified atom stereocenters. The molecule has 0 fully saturated rings. The first-order valence-electron chi connectivity index (χ1n) is 8.61. The van der Waals surface area contributed by atoms with Gasteiger partial charge in [0.2, 0.25) is 0 Å². The smallest absolute Gasteiger partial charge is 0.318 e. The lowest BCUT2D eigenvalue weighted by atomic mass is 10.0. The lowest BCUT2D eigenvalue weighted by Crippen LogP contribution is -2.40. The molecular formula is C20H25N3O2. The average molecular weight is 339 g/mol. The van der Waals surface area contributed by atoms with E-state index in [9.17, 15) is 9.59 Å². The molecule has 0 aliphatic rings. The van der Waals surface area contributed by atoms with E-state index in [0.29, 0.717) is 0 Å². The van der Waals surface area contributed by atoms with E-state index in [1.54, 1.807) is 0 Å². The zero-order valence-electron chi connectivity index (χ0n) is 14.5. The number of anilines is 1. The van der Waals surface area contributed by atoms with Crippen molar-refractivity contribution in [2.45, 2.75) is 38.6 Å². The molecule has 132 valence electrons. The van der Waals surface area contributed by atoms with Crippen LogP contribution in [0.5, 0.6) is 0 Å². The quantitative estimate of drug-likeness (QED) is 0.640. The number of imide groups is 1. The van der Waals surface area contributed by atoms with Gasteiger partial charge in [-0.25, -0.2) is 4.79 Å². The van der Waals surface area contributed by atoms with Gasteiger partial charge in [0.1, 0.15) is 6.04 Å². The van der Waals surface area contributed by atoms with E-state index >= 15 is 0 Å². The minimum absolute atomic E-state index is 0.481. The van der Waals surface area contributed by atoms with Gasteiger partial charge < -0.3 is 11.1 Å². The Morgan fingerprint density at radius 3 is 2.28 bits per heavy atom. The molecule has 5 nitrogen and oxygen atoms in total. The highest BCUT2D eigenvalue weighted by Crippen LogP contribution is 2.21. The number of primary amides is 1. The third-order valence-electron chi connectivity index (χ3n) is 3.98. The fourth-order valence-corrected chi connectivity index (χ4v) is 2.65. The van der Waals surface area contributed by atoms with E-state index in [2.05, 4.69) is 29.7 Å². The van der Waals surface area contributed by atoms with Gasteiger partial charge in [-0.3, -0.25) is 10.1 Å². The monoisotopic (exact) mass is 339 g/mol. The number of nitrogens with one attached hydrogen (secondary N) is 2. The SMILES string of the molecule is CCCCCc1ccc(N[C@@H](C(=O)NC(N)=O)c2ccccc2)cc1. The van der Waals surface area contributed by atoms with Crippen molar-refractivity contribution >= 4 is 17.6 Å². The maximum absolute atomic E-state index is 12.3. The Morgan fingerprint density at radius 1 is 1.00 bits per heavy atom. The van der Waals surface area contributed by atoms with Crippen LogP contribution in [0.15, 0.2) is 54.6 Å². The molecule has 0 radical (unpaired) electrons. The van der Waals surface area contributed by atoms with Crippen LogP contribution in [0.4, 0.5) is 10.5 Å². The molecule has 0 heterocycles. The highest BCUT2D eigenvalue weighted by molar-refractivity contribution is 5.98. The summed E-state index contributed by atoms with van der Waals surface area (Å²) < 4.78 is 0. The van der Waals surface area contributed by atoms with Crippen LogP contribution in [0.3, 0.4) is 0 Å². The van der Waals surface area contributed by atoms with Crippen molar-refractivity contribution in [3.63, 3.8) is 0 Å². The number of hydrogen-bond donors (Lipinski definition) is 3. The van der Waals surface area contributed by atoms with Gasteiger partial charge >= 0.3 is 6.03 Å². The minimum atomic E-state index is -0.862. The molecule has 0 spiro atoms. The van der Waals surface area contributed by atoms with E-state index < -0.39 is 18.0 Å². The largest absolute Gasteiger partial charge is 0.370 e. The standard InChI is InChI=1S/C20H25N3O2/c1-2-3-5-8-15-11-13-17(14-12-15)22-18(19(24)23-20(21)25)16-9-6-4-7-10-16/h4,6-7,9-14,18,22H,2-3,5,8H2,1H3,(H3,21,23,24,25)/t18-/m1/s1. The molecule has 25 heavy (non-hydrogen) atoms. The van der Waals surface area contributed by atoms with Crippen LogP contribution in [-0.2, 0) is 11.2 Å². The lowest BCUT2D eigenvalue weighted by Gasteiger charge is -2.19. The summed E-state index contributed by atoms with van der Waals surface area (Å²) in [6.45, 7) is 2.19. The summed E-state index contributed by atoms with van der Waals surface area (Å²) in [6, 6.07) is 15.7. The highest BCUT2D eigenvalue weighted by atomic mass is 16.2. The molecule has 2 aromatic carbocycles. The highest BCUT2D eigenvalue weighted by Gasteiger charge is 2.21. The van der Waals surface area contributed by atoms with Crippen LogP contribution in [0.25, 0.3) is 0 Å². The number of rotatable bonds is 8. The Bertz CT molecular complexity index is 684. The minimum Gasteiger partial charge on any atom is -0.370 e. The van der Waals surface area contributed by atoms with E-state index in [0.717, 1.165) is 17.7 Å².